The van der Waals surface area contributed by atoms with Crippen molar-refractivity contribution >= 4 is 22.6 Å². The molecular weight excluding hydrogens is 396 g/mol. The van der Waals surface area contributed by atoms with Crippen molar-refractivity contribution in [1.82, 2.24) is 14.5 Å². The summed E-state index contributed by atoms with van der Waals surface area (Å²) in [5.74, 6) is 1.13. The van der Waals surface area contributed by atoms with E-state index in [0.717, 1.165) is 37.0 Å². The maximum atomic E-state index is 12.9. The second-order valence-corrected chi connectivity index (χ2v) is 7.82. The van der Waals surface area contributed by atoms with Crippen molar-refractivity contribution in [2.75, 3.05) is 32.6 Å². The molecule has 0 spiro atoms. The second-order valence-electron chi connectivity index (χ2n) is 7.82. The number of H-pyrrole nitrogens is 1. The van der Waals surface area contributed by atoms with Gasteiger partial charge in [-0.05, 0) is 44.0 Å². The van der Waals surface area contributed by atoms with Gasteiger partial charge < -0.3 is 19.8 Å². The first-order valence-corrected chi connectivity index (χ1v) is 10.5. The van der Waals surface area contributed by atoms with Crippen LogP contribution in [0.5, 0.6) is 11.5 Å². The van der Waals surface area contributed by atoms with Crippen LogP contribution in [0.3, 0.4) is 0 Å². The van der Waals surface area contributed by atoms with Gasteiger partial charge in [0.1, 0.15) is 11.5 Å². The van der Waals surface area contributed by atoms with E-state index in [2.05, 4.69) is 15.2 Å². The van der Waals surface area contributed by atoms with Crippen LogP contribution in [0.4, 0.5) is 5.69 Å². The minimum Gasteiger partial charge on any atom is -0.497 e. The average Bonchev–Trinajstić information content (AvgIpc) is 3.14. The van der Waals surface area contributed by atoms with Crippen LogP contribution in [-0.2, 0) is 4.79 Å². The van der Waals surface area contributed by atoms with E-state index in [1.165, 1.54) is 0 Å². The lowest BCUT2D eigenvalue weighted by Crippen LogP contribution is -2.46. The number of fused-ring (bicyclic) bond motifs is 1. The third kappa shape index (κ3) is 4.16. The Bertz CT molecular complexity index is 1130. The summed E-state index contributed by atoms with van der Waals surface area (Å²) in [5.41, 5.74) is 2.30. The molecule has 0 bridgehead atoms. The van der Waals surface area contributed by atoms with Gasteiger partial charge in [0.2, 0.25) is 5.91 Å². The van der Waals surface area contributed by atoms with Crippen molar-refractivity contribution in [3.05, 3.63) is 52.9 Å². The van der Waals surface area contributed by atoms with Crippen molar-refractivity contribution in [1.29, 1.82) is 0 Å². The van der Waals surface area contributed by atoms with E-state index in [4.69, 9.17) is 9.47 Å². The summed E-state index contributed by atoms with van der Waals surface area (Å²) >= 11 is 0. The Balaban J connectivity index is 1.42. The molecule has 8 heteroatoms. The number of benzene rings is 2. The summed E-state index contributed by atoms with van der Waals surface area (Å²) in [5, 5.41) is 2.96. The number of imidazole rings is 1. The summed E-state index contributed by atoms with van der Waals surface area (Å²) < 4.78 is 12.5. The van der Waals surface area contributed by atoms with Gasteiger partial charge in [-0.15, -0.1) is 0 Å². The molecule has 1 aliphatic rings. The molecule has 8 nitrogen and oxygen atoms in total. The molecule has 0 aliphatic carbocycles. The fourth-order valence-corrected chi connectivity index (χ4v) is 4.28. The van der Waals surface area contributed by atoms with Gasteiger partial charge >= 0.3 is 5.69 Å². The highest BCUT2D eigenvalue weighted by molar-refractivity contribution is 5.96. The molecule has 1 atom stereocenters. The van der Waals surface area contributed by atoms with Crippen LogP contribution >= 0.6 is 0 Å². The lowest BCUT2D eigenvalue weighted by atomic mass is 10.0. The van der Waals surface area contributed by atoms with Gasteiger partial charge in [-0.25, -0.2) is 4.79 Å². The molecule has 0 radical (unpaired) electrons. The minimum absolute atomic E-state index is 0.0736. The maximum Gasteiger partial charge on any atom is 0.326 e. The quantitative estimate of drug-likeness (QED) is 0.635. The van der Waals surface area contributed by atoms with Crippen LogP contribution in [0.1, 0.15) is 25.8 Å². The van der Waals surface area contributed by atoms with Crippen LogP contribution < -0.4 is 20.5 Å². The van der Waals surface area contributed by atoms with Gasteiger partial charge in [0.25, 0.3) is 0 Å². The van der Waals surface area contributed by atoms with Crippen molar-refractivity contribution in [3.8, 4) is 11.5 Å². The number of rotatable bonds is 6. The third-order valence-electron chi connectivity index (χ3n) is 6.08. The summed E-state index contributed by atoms with van der Waals surface area (Å²) in [6.07, 6.45) is 1.61. The largest absolute Gasteiger partial charge is 0.497 e. The van der Waals surface area contributed by atoms with Gasteiger partial charge in [0.05, 0.1) is 37.0 Å². The molecule has 3 aromatic rings. The van der Waals surface area contributed by atoms with Gasteiger partial charge in [-0.3, -0.25) is 14.3 Å². The molecule has 1 fully saturated rings. The zero-order valence-corrected chi connectivity index (χ0v) is 18.1. The smallest absolute Gasteiger partial charge is 0.326 e. The number of aromatic nitrogens is 2. The molecule has 1 unspecified atom stereocenters. The predicted octanol–water partition coefficient (Wildman–Crippen LogP) is 3.01. The number of amides is 1. The Morgan fingerprint density at radius 3 is 2.58 bits per heavy atom. The first kappa shape index (κ1) is 21.0. The molecule has 4 rings (SSSR count). The number of aromatic amines is 1. The lowest BCUT2D eigenvalue weighted by Gasteiger charge is -2.35. The molecule has 1 amide bonds. The average molecular weight is 425 g/mol. The minimum atomic E-state index is -0.309. The number of nitrogens with one attached hydrogen (secondary N) is 2. The van der Waals surface area contributed by atoms with Crippen molar-refractivity contribution < 1.29 is 14.3 Å². The van der Waals surface area contributed by atoms with E-state index >= 15 is 0 Å². The highest BCUT2D eigenvalue weighted by Crippen LogP contribution is 2.30. The fraction of sp³-hybridized carbons (Fsp3) is 0.391. The maximum absolute atomic E-state index is 12.9. The first-order valence-electron chi connectivity index (χ1n) is 10.5. The van der Waals surface area contributed by atoms with Gasteiger partial charge in [-0.2, -0.15) is 0 Å². The van der Waals surface area contributed by atoms with Crippen molar-refractivity contribution in [2.45, 2.75) is 31.8 Å². The monoisotopic (exact) mass is 424 g/mol. The van der Waals surface area contributed by atoms with Crippen LogP contribution in [0.25, 0.3) is 11.0 Å². The molecule has 1 aromatic heterocycles. The van der Waals surface area contributed by atoms with Crippen molar-refractivity contribution in [2.24, 2.45) is 0 Å². The van der Waals surface area contributed by atoms with Crippen LogP contribution in [0.15, 0.2) is 47.3 Å². The zero-order chi connectivity index (χ0) is 22.0. The standard InChI is InChI=1S/C23H28N4O4/c1-15(22(28)24-19-14-17(30-2)8-9-21(19)31-3)26-12-10-16(11-13-26)27-20-7-5-4-6-18(20)25-23(27)29/h4-9,14-16H,10-13H2,1-3H3,(H,24,28)(H,25,29). The first-order chi connectivity index (χ1) is 15.0. The van der Waals surface area contributed by atoms with Crippen LogP contribution in [-0.4, -0.2) is 53.7 Å². The number of carbonyl (C=O) groups excluding carboxylic acids is 1. The molecule has 0 saturated carbocycles. The topological polar surface area (TPSA) is 88.6 Å². The number of ether oxygens (including phenoxy) is 2. The number of likely N-dealkylation sites (tertiary alicyclic amines) is 1. The van der Waals surface area contributed by atoms with Gasteiger partial charge in [-0.1, -0.05) is 12.1 Å². The summed E-state index contributed by atoms with van der Waals surface area (Å²) in [4.78, 5) is 30.5. The molecule has 2 aromatic carbocycles. The Morgan fingerprint density at radius 1 is 1.13 bits per heavy atom. The number of hydrogen-bond acceptors (Lipinski definition) is 5. The number of hydrogen-bond donors (Lipinski definition) is 2. The number of carbonyl (C=O) groups is 1. The number of nitrogens with zero attached hydrogens (tertiary/aromatic N) is 2. The Morgan fingerprint density at radius 2 is 1.87 bits per heavy atom. The molecular formula is C23H28N4O4. The summed E-state index contributed by atoms with van der Waals surface area (Å²) in [7, 11) is 3.15. The lowest BCUT2D eigenvalue weighted by molar-refractivity contribution is -0.121. The highest BCUT2D eigenvalue weighted by Gasteiger charge is 2.29. The Labute approximate surface area is 180 Å². The fourth-order valence-electron chi connectivity index (χ4n) is 4.28. The van der Waals surface area contributed by atoms with Gasteiger partial charge in [0, 0.05) is 25.2 Å². The van der Waals surface area contributed by atoms with Gasteiger partial charge in [0.15, 0.2) is 0 Å². The summed E-state index contributed by atoms with van der Waals surface area (Å²) in [6.45, 7) is 3.38. The third-order valence-corrected chi connectivity index (χ3v) is 6.08. The Kier molecular flexibility index (Phi) is 5.99. The molecule has 1 aliphatic heterocycles. The number of anilines is 1. The predicted molar refractivity (Wildman–Crippen MR) is 120 cm³/mol. The van der Waals surface area contributed by atoms with E-state index < -0.39 is 0 Å². The van der Waals surface area contributed by atoms with E-state index in [0.29, 0.717) is 17.2 Å². The second kappa shape index (κ2) is 8.85. The van der Waals surface area contributed by atoms with E-state index in [9.17, 15) is 9.59 Å². The van der Waals surface area contributed by atoms with Crippen LogP contribution in [0, 0.1) is 0 Å². The van der Waals surface area contributed by atoms with Crippen LogP contribution in [0.2, 0.25) is 0 Å². The number of para-hydroxylation sites is 2. The molecule has 2 N–H and O–H groups in total. The Hall–Kier alpha value is -3.26. The number of piperidine rings is 1. The normalized spacial score (nSPS) is 16.2. The highest BCUT2D eigenvalue weighted by atomic mass is 16.5. The molecule has 31 heavy (non-hydrogen) atoms. The van der Waals surface area contributed by atoms with E-state index in [1.807, 2.05) is 35.8 Å². The molecule has 2 heterocycles. The van der Waals surface area contributed by atoms with E-state index in [-0.39, 0.29) is 23.7 Å². The van der Waals surface area contributed by atoms with Crippen molar-refractivity contribution in [3.63, 3.8) is 0 Å². The summed E-state index contributed by atoms with van der Waals surface area (Å²) in [6, 6.07) is 12.9. The molecule has 164 valence electrons. The molecule has 1 saturated heterocycles. The number of methoxy groups -OCH3 is 2. The zero-order valence-electron chi connectivity index (χ0n) is 18.1. The SMILES string of the molecule is COc1ccc(OC)c(NC(=O)C(C)N2CCC(n3c(=O)[nH]c4ccccc43)CC2)c1. The van der Waals surface area contributed by atoms with E-state index in [1.54, 1.807) is 32.4 Å².